The first-order valence-electron chi connectivity index (χ1n) is 6.89. The number of hydrogen-bond donors (Lipinski definition) is 0. The van der Waals surface area contributed by atoms with Crippen LogP contribution in [0.15, 0.2) is 34.8 Å². The van der Waals surface area contributed by atoms with Gasteiger partial charge >= 0.3 is 0 Å². The molecule has 2 fully saturated rings. The molecule has 2 bridgehead atoms. The lowest BCUT2D eigenvalue weighted by Crippen LogP contribution is -2.38. The lowest BCUT2D eigenvalue weighted by atomic mass is 9.63. The zero-order valence-electron chi connectivity index (χ0n) is 10.8. The molecule has 4 nitrogen and oxygen atoms in total. The molecule has 0 aromatic carbocycles. The van der Waals surface area contributed by atoms with Gasteiger partial charge in [0, 0.05) is 4.88 Å². The maximum Gasteiger partial charge on any atom is 0.254 e. The third-order valence-corrected chi connectivity index (χ3v) is 5.39. The van der Waals surface area contributed by atoms with E-state index in [2.05, 4.69) is 17.3 Å². The highest BCUT2D eigenvalue weighted by Crippen LogP contribution is 2.49. The Morgan fingerprint density at radius 3 is 2.30 bits per heavy atom. The summed E-state index contributed by atoms with van der Waals surface area (Å²) in [5.41, 5.74) is 0. The number of hydrogen-bond acceptors (Lipinski definition) is 4. The van der Waals surface area contributed by atoms with Gasteiger partial charge in [0.2, 0.25) is 0 Å². The van der Waals surface area contributed by atoms with Gasteiger partial charge in [0.25, 0.3) is 11.8 Å². The van der Waals surface area contributed by atoms with Gasteiger partial charge in [-0.3, -0.25) is 9.59 Å². The first-order chi connectivity index (χ1) is 9.75. The topological polar surface area (TPSA) is 49.7 Å². The van der Waals surface area contributed by atoms with Crippen LogP contribution >= 0.6 is 11.3 Å². The van der Waals surface area contributed by atoms with Gasteiger partial charge in [0.15, 0.2) is 0 Å². The van der Waals surface area contributed by atoms with Gasteiger partial charge in [-0.1, -0.05) is 18.2 Å². The Balaban J connectivity index is 1.64. The Kier molecular flexibility index (Phi) is 2.63. The van der Waals surface area contributed by atoms with Gasteiger partial charge < -0.3 is 0 Å². The highest BCUT2D eigenvalue weighted by Gasteiger charge is 2.56. The number of thiophene rings is 1. The second-order valence-electron chi connectivity index (χ2n) is 5.59. The lowest BCUT2D eigenvalue weighted by Gasteiger charge is -2.37. The van der Waals surface area contributed by atoms with Crippen LogP contribution in [0.4, 0.5) is 0 Å². The van der Waals surface area contributed by atoms with Gasteiger partial charge in [-0.25, -0.2) is 0 Å². The fourth-order valence-corrected chi connectivity index (χ4v) is 4.23. The molecule has 0 N–H and O–H groups in total. The van der Waals surface area contributed by atoms with E-state index in [4.69, 9.17) is 0 Å². The molecule has 0 unspecified atom stereocenters. The van der Waals surface area contributed by atoms with Crippen LogP contribution in [0.25, 0.3) is 0 Å². The molecule has 2 amide bonds. The average Bonchev–Trinajstić information content (AvgIpc) is 3.08. The molecule has 1 aromatic heterocycles. The van der Waals surface area contributed by atoms with Crippen LogP contribution in [0.1, 0.15) is 17.7 Å². The summed E-state index contributed by atoms with van der Waals surface area (Å²) in [7, 11) is 0. The van der Waals surface area contributed by atoms with E-state index < -0.39 is 0 Å². The molecule has 1 saturated carbocycles. The first kappa shape index (κ1) is 12.0. The maximum absolute atomic E-state index is 12.5. The second kappa shape index (κ2) is 4.38. The summed E-state index contributed by atoms with van der Waals surface area (Å²) in [6.07, 6.45) is 7.88. The quantitative estimate of drug-likeness (QED) is 0.476. The summed E-state index contributed by atoms with van der Waals surface area (Å²) < 4.78 is 0. The average molecular weight is 286 g/mol. The standard InChI is InChI=1S/C15H14N2O2S/c18-14-12-9-3-4-10(6-5-9)13(12)15(19)17(14)16-8-11-2-1-7-20-11/h1-4,7-10,12-13H,5-6H2/b16-8-/t9-,10+,12-,13+. The third-order valence-electron chi connectivity index (χ3n) is 4.58. The normalized spacial score (nSPS) is 35.3. The van der Waals surface area contributed by atoms with Crippen molar-refractivity contribution < 1.29 is 9.59 Å². The van der Waals surface area contributed by atoms with Crippen molar-refractivity contribution in [1.29, 1.82) is 0 Å². The molecule has 1 aliphatic heterocycles. The molecule has 1 saturated heterocycles. The molecule has 1 aromatic rings. The monoisotopic (exact) mass is 286 g/mol. The highest BCUT2D eigenvalue weighted by molar-refractivity contribution is 7.11. The minimum Gasteiger partial charge on any atom is -0.272 e. The Hall–Kier alpha value is -1.75. The molecule has 20 heavy (non-hydrogen) atoms. The van der Waals surface area contributed by atoms with Gasteiger partial charge in [-0.15, -0.1) is 11.3 Å². The molecule has 4 aliphatic rings. The van der Waals surface area contributed by atoms with E-state index in [0.29, 0.717) is 0 Å². The number of carbonyl (C=O) groups is 2. The summed E-state index contributed by atoms with van der Waals surface area (Å²) in [5.74, 6) is -0.135. The summed E-state index contributed by atoms with van der Waals surface area (Å²) >= 11 is 1.54. The maximum atomic E-state index is 12.5. The van der Waals surface area contributed by atoms with Crippen molar-refractivity contribution in [3.8, 4) is 0 Å². The van der Waals surface area contributed by atoms with Gasteiger partial charge in [-0.2, -0.15) is 10.1 Å². The summed E-state index contributed by atoms with van der Waals surface area (Å²) in [6.45, 7) is 0. The predicted molar refractivity (Wildman–Crippen MR) is 76.1 cm³/mol. The van der Waals surface area contributed by atoms with Crippen molar-refractivity contribution in [3.63, 3.8) is 0 Å². The van der Waals surface area contributed by atoms with Crippen molar-refractivity contribution in [2.75, 3.05) is 0 Å². The molecular weight excluding hydrogens is 272 g/mol. The SMILES string of the molecule is O=C1[C@@H]2[C@H](C(=O)N1/N=C\c1cccs1)[C@@H]1C=C[C@H]2CC1. The van der Waals surface area contributed by atoms with Crippen molar-refractivity contribution in [1.82, 2.24) is 5.01 Å². The number of fused-ring (bicyclic) bond motifs is 1. The second-order valence-corrected chi connectivity index (χ2v) is 6.57. The number of nitrogens with zero attached hydrogens (tertiary/aromatic N) is 2. The fourth-order valence-electron chi connectivity index (χ4n) is 3.65. The number of rotatable bonds is 2. The van der Waals surface area contributed by atoms with Crippen molar-refractivity contribution in [2.45, 2.75) is 12.8 Å². The number of hydrazone groups is 1. The number of allylic oxidation sites excluding steroid dienone is 2. The van der Waals surface area contributed by atoms with Crippen LogP contribution in [0.5, 0.6) is 0 Å². The van der Waals surface area contributed by atoms with Crippen LogP contribution in [0.2, 0.25) is 0 Å². The fraction of sp³-hybridized carbons (Fsp3) is 0.400. The van der Waals surface area contributed by atoms with E-state index in [1.54, 1.807) is 6.21 Å². The van der Waals surface area contributed by atoms with Crippen LogP contribution in [0.3, 0.4) is 0 Å². The van der Waals surface area contributed by atoms with Crippen LogP contribution in [-0.4, -0.2) is 23.0 Å². The molecule has 4 atom stereocenters. The number of imide groups is 1. The molecule has 102 valence electrons. The van der Waals surface area contributed by atoms with Crippen LogP contribution < -0.4 is 0 Å². The molecule has 5 rings (SSSR count). The summed E-state index contributed by atoms with van der Waals surface area (Å²) in [4.78, 5) is 25.9. The van der Waals surface area contributed by atoms with E-state index in [1.807, 2.05) is 17.5 Å². The van der Waals surface area contributed by atoms with E-state index in [1.165, 1.54) is 11.3 Å². The van der Waals surface area contributed by atoms with E-state index >= 15 is 0 Å². The first-order valence-corrected chi connectivity index (χ1v) is 7.77. The molecule has 0 spiro atoms. The zero-order valence-corrected chi connectivity index (χ0v) is 11.6. The van der Waals surface area contributed by atoms with Crippen molar-refractivity contribution in [3.05, 3.63) is 34.5 Å². The third kappa shape index (κ3) is 1.62. The largest absolute Gasteiger partial charge is 0.272 e. The Bertz CT molecular complexity index is 588. The van der Waals surface area contributed by atoms with Crippen LogP contribution in [0, 0.1) is 23.7 Å². The van der Waals surface area contributed by atoms with Crippen molar-refractivity contribution >= 4 is 29.4 Å². The minimum atomic E-state index is -0.174. The predicted octanol–water partition coefficient (Wildman–Crippen LogP) is 2.28. The van der Waals surface area contributed by atoms with Gasteiger partial charge in [0.05, 0.1) is 18.1 Å². The smallest absolute Gasteiger partial charge is 0.254 e. The molecule has 0 radical (unpaired) electrons. The molecule has 3 aliphatic carbocycles. The van der Waals surface area contributed by atoms with Crippen LogP contribution in [-0.2, 0) is 9.59 Å². The van der Waals surface area contributed by atoms with Crippen molar-refractivity contribution in [2.24, 2.45) is 28.8 Å². The zero-order chi connectivity index (χ0) is 13.7. The summed E-state index contributed by atoms with van der Waals surface area (Å²) in [6, 6.07) is 3.83. The minimum absolute atomic E-state index is 0.119. The molecule has 5 heteroatoms. The Morgan fingerprint density at radius 1 is 1.15 bits per heavy atom. The number of carbonyl (C=O) groups excluding carboxylic acids is 2. The Labute approximate surface area is 120 Å². The van der Waals surface area contributed by atoms with E-state index in [9.17, 15) is 9.59 Å². The lowest BCUT2D eigenvalue weighted by molar-refractivity contribution is -0.140. The molecular formula is C15H14N2O2S. The van der Waals surface area contributed by atoms with Gasteiger partial charge in [-0.05, 0) is 36.1 Å². The Morgan fingerprint density at radius 2 is 1.80 bits per heavy atom. The number of amides is 2. The summed E-state index contributed by atoms with van der Waals surface area (Å²) in [5, 5.41) is 7.19. The molecule has 2 heterocycles. The van der Waals surface area contributed by atoms with E-state index in [-0.39, 0.29) is 35.5 Å². The van der Waals surface area contributed by atoms with Gasteiger partial charge in [0.1, 0.15) is 0 Å². The van der Waals surface area contributed by atoms with E-state index in [0.717, 1.165) is 22.7 Å². The highest BCUT2D eigenvalue weighted by atomic mass is 32.1.